The standard InChI is InChI=1S/C26H28N2O2S/c1-19(18-26(2,3)21-13-8-5-9-14-21)27-25(30)23(17-22-15-10-16-31-22)28-24(29)20-11-6-4-7-12-20/h4-17,19H,18H2,1-3H3,(H,27,30)(H,28,29)/b23-17-/t19-/m1/s1. The van der Waals surface area contributed by atoms with E-state index >= 15 is 0 Å². The van der Waals surface area contributed by atoms with Gasteiger partial charge in [-0.05, 0) is 54.0 Å². The Hall–Kier alpha value is -3.18. The van der Waals surface area contributed by atoms with Gasteiger partial charge in [-0.15, -0.1) is 11.3 Å². The van der Waals surface area contributed by atoms with Crippen LogP contribution in [0.3, 0.4) is 0 Å². The number of rotatable bonds is 8. The fraction of sp³-hybridized carbons (Fsp3) is 0.231. The molecule has 4 nitrogen and oxygen atoms in total. The van der Waals surface area contributed by atoms with Crippen molar-refractivity contribution in [2.75, 3.05) is 0 Å². The summed E-state index contributed by atoms with van der Waals surface area (Å²) < 4.78 is 0. The second-order valence-corrected chi connectivity index (χ2v) is 9.20. The van der Waals surface area contributed by atoms with Crippen LogP contribution in [0.5, 0.6) is 0 Å². The highest BCUT2D eigenvalue weighted by atomic mass is 32.1. The molecule has 1 atom stereocenters. The maximum absolute atomic E-state index is 13.1. The smallest absolute Gasteiger partial charge is 0.268 e. The Morgan fingerprint density at radius 3 is 2.23 bits per heavy atom. The lowest BCUT2D eigenvalue weighted by atomic mass is 9.79. The van der Waals surface area contributed by atoms with Crippen LogP contribution in [0.1, 0.15) is 48.0 Å². The zero-order valence-electron chi connectivity index (χ0n) is 18.1. The van der Waals surface area contributed by atoms with Gasteiger partial charge in [-0.2, -0.15) is 0 Å². The van der Waals surface area contributed by atoms with Gasteiger partial charge < -0.3 is 10.6 Å². The SMILES string of the molecule is C[C@H](CC(C)(C)c1ccccc1)NC(=O)/C(=C/c1cccs1)NC(=O)c1ccccc1. The fourth-order valence-corrected chi connectivity index (χ4v) is 4.24. The Morgan fingerprint density at radius 1 is 0.968 bits per heavy atom. The van der Waals surface area contributed by atoms with Gasteiger partial charge >= 0.3 is 0 Å². The topological polar surface area (TPSA) is 58.2 Å². The van der Waals surface area contributed by atoms with Crippen LogP contribution in [-0.4, -0.2) is 17.9 Å². The van der Waals surface area contributed by atoms with Crippen LogP contribution >= 0.6 is 11.3 Å². The van der Waals surface area contributed by atoms with E-state index in [0.717, 1.165) is 11.3 Å². The fourth-order valence-electron chi connectivity index (χ4n) is 3.58. The van der Waals surface area contributed by atoms with Gasteiger partial charge in [0.15, 0.2) is 0 Å². The molecule has 3 aromatic rings. The molecule has 0 saturated carbocycles. The molecule has 0 fully saturated rings. The molecule has 2 N–H and O–H groups in total. The maximum atomic E-state index is 13.1. The molecule has 0 saturated heterocycles. The predicted molar refractivity (Wildman–Crippen MR) is 128 cm³/mol. The molecule has 1 aromatic heterocycles. The number of nitrogens with one attached hydrogen (secondary N) is 2. The third-order valence-electron chi connectivity index (χ3n) is 5.11. The Kier molecular flexibility index (Phi) is 7.42. The lowest BCUT2D eigenvalue weighted by molar-refractivity contribution is -0.118. The second-order valence-electron chi connectivity index (χ2n) is 8.22. The minimum atomic E-state index is -0.309. The van der Waals surface area contributed by atoms with E-state index in [4.69, 9.17) is 0 Å². The molecule has 2 amide bonds. The van der Waals surface area contributed by atoms with Gasteiger partial charge in [0.1, 0.15) is 5.70 Å². The first kappa shape index (κ1) is 22.5. The Balaban J connectivity index is 1.73. The van der Waals surface area contributed by atoms with Gasteiger partial charge in [0.2, 0.25) is 0 Å². The van der Waals surface area contributed by atoms with Gasteiger partial charge in [0.05, 0.1) is 0 Å². The first-order valence-electron chi connectivity index (χ1n) is 10.3. The summed E-state index contributed by atoms with van der Waals surface area (Å²) in [5.74, 6) is -0.607. The maximum Gasteiger partial charge on any atom is 0.268 e. The number of thiophene rings is 1. The normalized spacial score (nSPS) is 12.8. The molecular formula is C26H28N2O2S. The number of hydrogen-bond acceptors (Lipinski definition) is 3. The van der Waals surface area contributed by atoms with E-state index in [-0.39, 0.29) is 29.0 Å². The average Bonchev–Trinajstić information content (AvgIpc) is 3.27. The number of carbonyl (C=O) groups is 2. The Labute approximate surface area is 188 Å². The summed E-state index contributed by atoms with van der Waals surface area (Å²) >= 11 is 1.51. The van der Waals surface area contributed by atoms with Crippen LogP contribution in [-0.2, 0) is 10.2 Å². The predicted octanol–water partition coefficient (Wildman–Crippen LogP) is 5.39. The molecule has 1 heterocycles. The lowest BCUT2D eigenvalue weighted by Gasteiger charge is -2.29. The molecule has 0 unspecified atom stereocenters. The highest BCUT2D eigenvalue weighted by Gasteiger charge is 2.25. The molecular weight excluding hydrogens is 404 g/mol. The summed E-state index contributed by atoms with van der Waals surface area (Å²) in [5.41, 5.74) is 1.87. The van der Waals surface area contributed by atoms with Crippen LogP contribution < -0.4 is 10.6 Å². The molecule has 0 aliphatic rings. The highest BCUT2D eigenvalue weighted by molar-refractivity contribution is 7.10. The van der Waals surface area contributed by atoms with Crippen LogP contribution in [0.2, 0.25) is 0 Å². The van der Waals surface area contributed by atoms with Crippen LogP contribution in [0.4, 0.5) is 0 Å². The molecule has 3 rings (SSSR count). The molecule has 0 bridgehead atoms. The quantitative estimate of drug-likeness (QED) is 0.469. The highest BCUT2D eigenvalue weighted by Crippen LogP contribution is 2.28. The number of carbonyl (C=O) groups excluding carboxylic acids is 2. The van der Waals surface area contributed by atoms with Crippen LogP contribution in [0.15, 0.2) is 83.9 Å². The minimum Gasteiger partial charge on any atom is -0.348 e. The van der Waals surface area contributed by atoms with E-state index in [1.165, 1.54) is 16.9 Å². The molecule has 0 spiro atoms. The van der Waals surface area contributed by atoms with Crippen molar-refractivity contribution in [2.45, 2.75) is 38.6 Å². The third-order valence-corrected chi connectivity index (χ3v) is 5.93. The van der Waals surface area contributed by atoms with Gasteiger partial charge in [-0.3, -0.25) is 9.59 Å². The minimum absolute atomic E-state index is 0.0805. The van der Waals surface area contributed by atoms with Crippen molar-refractivity contribution in [2.24, 2.45) is 0 Å². The molecule has 2 aromatic carbocycles. The van der Waals surface area contributed by atoms with E-state index in [2.05, 4.69) is 36.6 Å². The second kappa shape index (κ2) is 10.2. The summed E-state index contributed by atoms with van der Waals surface area (Å²) in [6.07, 6.45) is 2.48. The molecule has 0 aliphatic heterocycles. The zero-order valence-corrected chi connectivity index (χ0v) is 18.9. The zero-order chi connectivity index (χ0) is 22.3. The van der Waals surface area contributed by atoms with E-state index in [1.807, 2.05) is 48.7 Å². The summed E-state index contributed by atoms with van der Waals surface area (Å²) in [5, 5.41) is 7.78. The summed E-state index contributed by atoms with van der Waals surface area (Å²) in [6.45, 7) is 6.33. The van der Waals surface area contributed by atoms with Crippen molar-refractivity contribution in [3.63, 3.8) is 0 Å². The van der Waals surface area contributed by atoms with Crippen molar-refractivity contribution < 1.29 is 9.59 Å². The van der Waals surface area contributed by atoms with Crippen LogP contribution in [0.25, 0.3) is 6.08 Å². The first-order valence-corrected chi connectivity index (χ1v) is 11.2. The van der Waals surface area contributed by atoms with Gasteiger partial charge in [0.25, 0.3) is 11.8 Å². The number of amides is 2. The van der Waals surface area contributed by atoms with Crippen molar-refractivity contribution in [3.05, 3.63) is 99.9 Å². The molecule has 160 valence electrons. The van der Waals surface area contributed by atoms with Crippen molar-refractivity contribution in [1.82, 2.24) is 10.6 Å². The molecule has 5 heteroatoms. The summed E-state index contributed by atoms with van der Waals surface area (Å²) in [4.78, 5) is 26.6. The molecule has 0 radical (unpaired) electrons. The van der Waals surface area contributed by atoms with Crippen molar-refractivity contribution >= 4 is 29.2 Å². The van der Waals surface area contributed by atoms with E-state index in [0.29, 0.717) is 5.56 Å². The molecule has 31 heavy (non-hydrogen) atoms. The van der Waals surface area contributed by atoms with Gasteiger partial charge in [-0.1, -0.05) is 68.4 Å². The number of benzene rings is 2. The first-order chi connectivity index (χ1) is 14.8. The van der Waals surface area contributed by atoms with Crippen molar-refractivity contribution in [3.8, 4) is 0 Å². The lowest BCUT2D eigenvalue weighted by Crippen LogP contribution is -2.41. The number of hydrogen-bond donors (Lipinski definition) is 2. The Morgan fingerprint density at radius 2 is 1.61 bits per heavy atom. The third kappa shape index (κ3) is 6.40. The van der Waals surface area contributed by atoms with Crippen LogP contribution in [0, 0.1) is 0 Å². The summed E-state index contributed by atoms with van der Waals surface area (Å²) in [7, 11) is 0. The van der Waals surface area contributed by atoms with Gasteiger partial charge in [0, 0.05) is 16.5 Å². The van der Waals surface area contributed by atoms with E-state index in [1.54, 1.807) is 30.3 Å². The van der Waals surface area contributed by atoms with E-state index < -0.39 is 0 Å². The monoisotopic (exact) mass is 432 g/mol. The Bertz CT molecular complexity index is 1030. The molecule has 0 aliphatic carbocycles. The van der Waals surface area contributed by atoms with Crippen molar-refractivity contribution in [1.29, 1.82) is 0 Å². The largest absolute Gasteiger partial charge is 0.348 e. The van der Waals surface area contributed by atoms with Gasteiger partial charge in [-0.25, -0.2) is 0 Å². The van der Waals surface area contributed by atoms with E-state index in [9.17, 15) is 9.59 Å². The summed E-state index contributed by atoms with van der Waals surface area (Å²) in [6, 6.07) is 22.9. The average molecular weight is 433 g/mol.